The summed E-state index contributed by atoms with van der Waals surface area (Å²) in [5, 5.41) is 0. The van der Waals surface area contributed by atoms with Gasteiger partial charge in [-0.3, -0.25) is 4.99 Å². The van der Waals surface area contributed by atoms with Crippen molar-refractivity contribution in [3.05, 3.63) is 33.9 Å². The zero-order valence-corrected chi connectivity index (χ0v) is 9.39. The molecule has 1 heterocycles. The number of rotatable bonds is 1. The van der Waals surface area contributed by atoms with Gasteiger partial charge in [0.1, 0.15) is 0 Å². The van der Waals surface area contributed by atoms with Crippen LogP contribution in [-0.4, -0.2) is 6.21 Å². The molecule has 0 saturated heterocycles. The van der Waals surface area contributed by atoms with E-state index in [0.717, 1.165) is 6.54 Å². The van der Waals surface area contributed by atoms with Gasteiger partial charge in [-0.25, -0.2) is 0 Å². The largest absolute Gasteiger partial charge is 0.288 e. The lowest BCUT2D eigenvalue weighted by atomic mass is 9.88. The first-order chi connectivity index (χ1) is 6.61. The summed E-state index contributed by atoms with van der Waals surface area (Å²) in [5.74, 6) is 0.591. The third kappa shape index (κ3) is 1.28. The summed E-state index contributed by atoms with van der Waals surface area (Å²) in [6.07, 6.45) is 2.04. The first-order valence-corrected chi connectivity index (χ1v) is 5.24. The van der Waals surface area contributed by atoms with Crippen LogP contribution in [0.25, 0.3) is 0 Å². The number of hydrogen-bond acceptors (Lipinski definition) is 1. The minimum atomic E-state index is 0.591. The molecule has 1 aromatic rings. The van der Waals surface area contributed by atoms with E-state index in [0.29, 0.717) is 5.92 Å². The normalized spacial score (nSPS) is 13.8. The lowest BCUT2D eigenvalue weighted by molar-refractivity contribution is 0.849. The molecule has 1 aromatic carbocycles. The maximum Gasteiger partial charge on any atom is 0.0646 e. The molecule has 0 amide bonds. The van der Waals surface area contributed by atoms with E-state index in [1.807, 2.05) is 6.21 Å². The fraction of sp³-hybridized carbons (Fsp3) is 0.462. The van der Waals surface area contributed by atoms with E-state index in [1.54, 1.807) is 0 Å². The summed E-state index contributed by atoms with van der Waals surface area (Å²) in [4.78, 5) is 4.35. The Balaban J connectivity index is 2.71. The van der Waals surface area contributed by atoms with Crippen LogP contribution >= 0.6 is 0 Å². The van der Waals surface area contributed by atoms with Gasteiger partial charge in [-0.15, -0.1) is 0 Å². The van der Waals surface area contributed by atoms with Crippen LogP contribution in [0.4, 0.5) is 0 Å². The number of hydrogen-bond donors (Lipinski definition) is 0. The molecule has 1 aliphatic heterocycles. The third-order valence-electron chi connectivity index (χ3n) is 3.08. The highest BCUT2D eigenvalue weighted by molar-refractivity contribution is 5.87. The van der Waals surface area contributed by atoms with Gasteiger partial charge in [0, 0.05) is 11.8 Å². The molecular weight excluding hydrogens is 170 g/mol. The van der Waals surface area contributed by atoms with Crippen LogP contribution < -0.4 is 0 Å². The first kappa shape index (κ1) is 9.45. The van der Waals surface area contributed by atoms with Crippen LogP contribution in [0.15, 0.2) is 11.1 Å². The molecule has 0 aromatic heterocycles. The second kappa shape index (κ2) is 3.23. The fourth-order valence-corrected chi connectivity index (χ4v) is 2.30. The van der Waals surface area contributed by atoms with Gasteiger partial charge in [0.05, 0.1) is 6.54 Å². The van der Waals surface area contributed by atoms with Gasteiger partial charge < -0.3 is 0 Å². The maximum atomic E-state index is 4.35. The lowest BCUT2D eigenvalue weighted by Crippen LogP contribution is -2.02. The molecule has 0 fully saturated rings. The third-order valence-corrected chi connectivity index (χ3v) is 3.08. The summed E-state index contributed by atoms with van der Waals surface area (Å²) in [7, 11) is 0. The van der Waals surface area contributed by atoms with Gasteiger partial charge in [0.15, 0.2) is 0 Å². The molecule has 0 saturated carbocycles. The van der Waals surface area contributed by atoms with E-state index in [4.69, 9.17) is 0 Å². The van der Waals surface area contributed by atoms with Gasteiger partial charge in [-0.2, -0.15) is 0 Å². The SMILES string of the molecule is Cc1cc2c(c(C(C)C)c1C)C=NC2. The van der Waals surface area contributed by atoms with Crippen LogP contribution in [0.2, 0.25) is 0 Å². The number of fused-ring (bicyclic) bond motifs is 1. The van der Waals surface area contributed by atoms with Crippen LogP contribution in [0.3, 0.4) is 0 Å². The Morgan fingerprint density at radius 2 is 2.00 bits per heavy atom. The minimum absolute atomic E-state index is 0.591. The van der Waals surface area contributed by atoms with Crippen molar-refractivity contribution in [2.75, 3.05) is 0 Å². The lowest BCUT2D eigenvalue weighted by Gasteiger charge is -2.16. The molecular formula is C13H17N. The van der Waals surface area contributed by atoms with E-state index >= 15 is 0 Å². The smallest absolute Gasteiger partial charge is 0.0646 e. The summed E-state index contributed by atoms with van der Waals surface area (Å²) >= 11 is 0. The van der Waals surface area contributed by atoms with Crippen molar-refractivity contribution in [2.24, 2.45) is 4.99 Å². The molecule has 0 unspecified atom stereocenters. The summed E-state index contributed by atoms with van der Waals surface area (Å²) in [5.41, 5.74) is 7.10. The second-order valence-corrected chi connectivity index (χ2v) is 4.43. The van der Waals surface area contributed by atoms with Gasteiger partial charge in [-0.05, 0) is 42.0 Å². The van der Waals surface area contributed by atoms with Crippen molar-refractivity contribution in [1.29, 1.82) is 0 Å². The zero-order valence-electron chi connectivity index (χ0n) is 9.39. The van der Waals surface area contributed by atoms with Gasteiger partial charge >= 0.3 is 0 Å². The Bertz CT molecular complexity index is 400. The van der Waals surface area contributed by atoms with Crippen LogP contribution in [-0.2, 0) is 6.54 Å². The van der Waals surface area contributed by atoms with Crippen molar-refractivity contribution in [2.45, 2.75) is 40.2 Å². The molecule has 0 N–H and O–H groups in total. The summed E-state index contributed by atoms with van der Waals surface area (Å²) in [6, 6.07) is 2.28. The van der Waals surface area contributed by atoms with Gasteiger partial charge in [-0.1, -0.05) is 19.9 Å². The van der Waals surface area contributed by atoms with Crippen molar-refractivity contribution in [1.82, 2.24) is 0 Å². The summed E-state index contributed by atoms with van der Waals surface area (Å²) in [6.45, 7) is 9.80. The first-order valence-electron chi connectivity index (χ1n) is 5.24. The zero-order chi connectivity index (χ0) is 10.3. The fourth-order valence-electron chi connectivity index (χ4n) is 2.30. The minimum Gasteiger partial charge on any atom is -0.288 e. The Kier molecular flexibility index (Phi) is 2.18. The molecule has 0 radical (unpaired) electrons. The van der Waals surface area contributed by atoms with Crippen molar-refractivity contribution >= 4 is 6.21 Å². The second-order valence-electron chi connectivity index (χ2n) is 4.43. The molecule has 1 nitrogen and oxygen atoms in total. The highest BCUT2D eigenvalue weighted by Crippen LogP contribution is 2.30. The standard InChI is InChI=1S/C13H17N/c1-8(2)13-10(4)9(3)5-11-6-14-7-12(11)13/h5,7-8H,6H2,1-4H3. The highest BCUT2D eigenvalue weighted by Gasteiger charge is 2.17. The molecule has 0 aliphatic carbocycles. The Morgan fingerprint density at radius 3 is 2.64 bits per heavy atom. The maximum absolute atomic E-state index is 4.35. The van der Waals surface area contributed by atoms with Crippen molar-refractivity contribution < 1.29 is 0 Å². The summed E-state index contributed by atoms with van der Waals surface area (Å²) < 4.78 is 0. The van der Waals surface area contributed by atoms with Crippen LogP contribution in [0.1, 0.15) is 47.6 Å². The van der Waals surface area contributed by atoms with Gasteiger partial charge in [0.2, 0.25) is 0 Å². The average Bonchev–Trinajstić information content (AvgIpc) is 2.52. The monoisotopic (exact) mass is 187 g/mol. The molecule has 0 atom stereocenters. The molecule has 2 rings (SSSR count). The van der Waals surface area contributed by atoms with E-state index in [9.17, 15) is 0 Å². The van der Waals surface area contributed by atoms with Crippen molar-refractivity contribution in [3.8, 4) is 0 Å². The molecule has 14 heavy (non-hydrogen) atoms. The van der Waals surface area contributed by atoms with E-state index in [2.05, 4.69) is 38.8 Å². The molecule has 0 spiro atoms. The molecule has 0 bridgehead atoms. The number of aryl methyl sites for hydroxylation is 1. The van der Waals surface area contributed by atoms with Crippen LogP contribution in [0, 0.1) is 13.8 Å². The van der Waals surface area contributed by atoms with E-state index in [-0.39, 0.29) is 0 Å². The predicted octanol–water partition coefficient (Wildman–Crippen LogP) is 3.36. The molecule has 1 aliphatic rings. The number of benzene rings is 1. The topological polar surface area (TPSA) is 12.4 Å². The average molecular weight is 187 g/mol. The number of aliphatic imine (C=N–C) groups is 1. The molecule has 1 heteroatoms. The van der Waals surface area contributed by atoms with Crippen molar-refractivity contribution in [3.63, 3.8) is 0 Å². The quantitative estimate of drug-likeness (QED) is 0.639. The Morgan fingerprint density at radius 1 is 1.29 bits per heavy atom. The Hall–Kier alpha value is -1.11. The van der Waals surface area contributed by atoms with Crippen LogP contribution in [0.5, 0.6) is 0 Å². The number of nitrogens with zero attached hydrogens (tertiary/aromatic N) is 1. The molecule has 74 valence electrons. The van der Waals surface area contributed by atoms with E-state index in [1.165, 1.54) is 27.8 Å². The highest BCUT2D eigenvalue weighted by atomic mass is 14.7. The predicted molar refractivity (Wildman–Crippen MR) is 61.3 cm³/mol. The van der Waals surface area contributed by atoms with Gasteiger partial charge in [0.25, 0.3) is 0 Å². The van der Waals surface area contributed by atoms with E-state index < -0.39 is 0 Å². The Labute approximate surface area is 85.9 Å².